The number of methoxy groups -OCH3 is 1. The first-order valence-corrected chi connectivity index (χ1v) is 6.77. The van der Waals surface area contributed by atoms with E-state index in [-0.39, 0.29) is 16.8 Å². The molecule has 0 amide bonds. The summed E-state index contributed by atoms with van der Waals surface area (Å²) in [5.41, 5.74) is 6.46. The summed E-state index contributed by atoms with van der Waals surface area (Å²) in [6, 6.07) is 4.82. The van der Waals surface area contributed by atoms with Crippen molar-refractivity contribution in [1.29, 1.82) is 0 Å². The fourth-order valence-corrected chi connectivity index (χ4v) is 2.25. The minimum atomic E-state index is -1.13. The van der Waals surface area contributed by atoms with Crippen molar-refractivity contribution in [1.82, 2.24) is 0 Å². The number of anilines is 1. The van der Waals surface area contributed by atoms with Crippen LogP contribution in [0.1, 0.15) is 21.5 Å². The van der Waals surface area contributed by atoms with Crippen LogP contribution in [-0.2, 0) is 0 Å². The van der Waals surface area contributed by atoms with Crippen LogP contribution in [-0.4, -0.2) is 12.9 Å². The molecule has 2 aromatic rings. The first kappa shape index (κ1) is 15.4. The molecule has 0 saturated heterocycles. The van der Waals surface area contributed by atoms with Crippen LogP contribution in [0.3, 0.4) is 0 Å². The number of carbonyl (C=O) groups is 1. The van der Waals surface area contributed by atoms with E-state index in [1.54, 1.807) is 12.1 Å². The Labute approximate surface area is 128 Å². The van der Waals surface area contributed by atoms with Gasteiger partial charge in [-0.05, 0) is 30.7 Å². The summed E-state index contributed by atoms with van der Waals surface area (Å²) in [7, 11) is 1.42. The van der Waals surface area contributed by atoms with Gasteiger partial charge in [-0.25, -0.2) is 8.78 Å². The van der Waals surface area contributed by atoms with Crippen molar-refractivity contribution in [3.63, 3.8) is 0 Å². The van der Waals surface area contributed by atoms with Crippen LogP contribution in [0.15, 0.2) is 28.7 Å². The molecule has 2 N–H and O–H groups in total. The normalized spacial score (nSPS) is 10.5. The molecule has 0 radical (unpaired) electrons. The molecule has 0 aliphatic heterocycles. The Hall–Kier alpha value is -1.95. The maximum Gasteiger partial charge on any atom is 0.198 e. The quantitative estimate of drug-likeness (QED) is 0.671. The molecule has 0 saturated carbocycles. The number of aryl methyl sites for hydroxylation is 1. The third-order valence-electron chi connectivity index (χ3n) is 3.06. The zero-order valence-electron chi connectivity index (χ0n) is 11.3. The van der Waals surface area contributed by atoms with Crippen LogP contribution < -0.4 is 10.5 Å². The molecule has 0 aliphatic carbocycles. The number of ketones is 1. The number of halogens is 3. The highest BCUT2D eigenvalue weighted by Crippen LogP contribution is 2.30. The predicted octanol–water partition coefficient (Wildman–Crippen LogP) is 3.86. The minimum Gasteiger partial charge on any atom is -0.496 e. The highest BCUT2D eigenvalue weighted by Gasteiger charge is 2.20. The van der Waals surface area contributed by atoms with Gasteiger partial charge in [-0.3, -0.25) is 4.79 Å². The van der Waals surface area contributed by atoms with E-state index in [0.29, 0.717) is 10.2 Å². The van der Waals surface area contributed by atoms with Crippen LogP contribution in [0.25, 0.3) is 0 Å². The Balaban J connectivity index is 2.60. The zero-order valence-corrected chi connectivity index (χ0v) is 12.9. The van der Waals surface area contributed by atoms with Gasteiger partial charge in [0.15, 0.2) is 17.4 Å². The minimum absolute atomic E-state index is 0.108. The topological polar surface area (TPSA) is 52.3 Å². The predicted molar refractivity (Wildman–Crippen MR) is 79.6 cm³/mol. The number of hydrogen-bond acceptors (Lipinski definition) is 3. The van der Waals surface area contributed by atoms with Gasteiger partial charge >= 0.3 is 0 Å². The van der Waals surface area contributed by atoms with Crippen molar-refractivity contribution < 1.29 is 18.3 Å². The standard InChI is InChI=1S/C15H12BrF2NO2/c1-7-3-14(21-2)9(4-10(7)16)15(20)8-5-11(17)12(18)6-13(8)19/h3-6H,19H2,1-2H3. The number of hydrogen-bond donors (Lipinski definition) is 1. The molecule has 0 unspecified atom stereocenters. The molecule has 0 aliphatic rings. The highest BCUT2D eigenvalue weighted by atomic mass is 79.9. The lowest BCUT2D eigenvalue weighted by atomic mass is 9.99. The summed E-state index contributed by atoms with van der Waals surface area (Å²) in [5.74, 6) is -2.42. The van der Waals surface area contributed by atoms with E-state index < -0.39 is 17.4 Å². The summed E-state index contributed by atoms with van der Waals surface area (Å²) in [5, 5.41) is 0. The fraction of sp³-hybridized carbons (Fsp3) is 0.133. The average Bonchev–Trinajstić information content (AvgIpc) is 2.44. The van der Waals surface area contributed by atoms with E-state index in [0.717, 1.165) is 17.7 Å². The first-order chi connectivity index (χ1) is 9.85. The SMILES string of the molecule is COc1cc(C)c(Br)cc1C(=O)c1cc(F)c(F)cc1N. The second-order valence-corrected chi connectivity index (χ2v) is 5.34. The molecule has 0 heterocycles. The van der Waals surface area contributed by atoms with E-state index in [1.807, 2.05) is 6.92 Å². The van der Waals surface area contributed by atoms with Gasteiger partial charge in [-0.1, -0.05) is 15.9 Å². The van der Waals surface area contributed by atoms with Crippen molar-refractivity contribution in [2.24, 2.45) is 0 Å². The molecule has 2 aromatic carbocycles. The lowest BCUT2D eigenvalue weighted by molar-refractivity contribution is 0.103. The van der Waals surface area contributed by atoms with E-state index in [2.05, 4.69) is 15.9 Å². The summed E-state index contributed by atoms with van der Waals surface area (Å²) in [6.45, 7) is 1.84. The summed E-state index contributed by atoms with van der Waals surface area (Å²) < 4.78 is 32.3. The Morgan fingerprint density at radius 3 is 2.38 bits per heavy atom. The zero-order chi connectivity index (χ0) is 15.7. The Morgan fingerprint density at radius 2 is 1.76 bits per heavy atom. The van der Waals surface area contributed by atoms with Gasteiger partial charge in [-0.2, -0.15) is 0 Å². The van der Waals surface area contributed by atoms with Crippen molar-refractivity contribution in [2.75, 3.05) is 12.8 Å². The van der Waals surface area contributed by atoms with Crippen molar-refractivity contribution in [2.45, 2.75) is 6.92 Å². The molecule has 110 valence electrons. The highest BCUT2D eigenvalue weighted by molar-refractivity contribution is 9.10. The van der Waals surface area contributed by atoms with Gasteiger partial charge in [0.1, 0.15) is 5.75 Å². The van der Waals surface area contributed by atoms with Gasteiger partial charge < -0.3 is 10.5 Å². The van der Waals surface area contributed by atoms with Crippen molar-refractivity contribution in [3.05, 3.63) is 57.1 Å². The fourth-order valence-electron chi connectivity index (χ4n) is 1.91. The third kappa shape index (κ3) is 2.90. The molecular formula is C15H12BrF2NO2. The van der Waals surface area contributed by atoms with E-state index in [4.69, 9.17) is 10.5 Å². The first-order valence-electron chi connectivity index (χ1n) is 5.98. The Morgan fingerprint density at radius 1 is 1.14 bits per heavy atom. The molecule has 21 heavy (non-hydrogen) atoms. The number of ether oxygens (including phenoxy) is 1. The number of rotatable bonds is 3. The van der Waals surface area contributed by atoms with Gasteiger partial charge in [-0.15, -0.1) is 0 Å². The molecule has 0 bridgehead atoms. The molecule has 2 rings (SSSR count). The lowest BCUT2D eigenvalue weighted by Crippen LogP contribution is -2.09. The second-order valence-electron chi connectivity index (χ2n) is 4.48. The van der Waals surface area contributed by atoms with Gasteiger partial charge in [0.05, 0.1) is 12.7 Å². The average molecular weight is 356 g/mol. The second kappa shape index (κ2) is 5.81. The van der Waals surface area contributed by atoms with Crippen LogP contribution in [0.5, 0.6) is 5.75 Å². The molecular weight excluding hydrogens is 344 g/mol. The maximum atomic E-state index is 13.3. The van der Waals surface area contributed by atoms with Crippen molar-refractivity contribution >= 4 is 27.4 Å². The number of nitrogen functional groups attached to an aromatic ring is 1. The number of nitrogens with two attached hydrogens (primary N) is 1. The maximum absolute atomic E-state index is 13.3. The Kier molecular flexibility index (Phi) is 4.27. The largest absolute Gasteiger partial charge is 0.496 e. The van der Waals surface area contributed by atoms with Gasteiger partial charge in [0, 0.05) is 21.8 Å². The summed E-state index contributed by atoms with van der Waals surface area (Å²) in [4.78, 5) is 12.5. The van der Waals surface area contributed by atoms with E-state index in [9.17, 15) is 13.6 Å². The summed E-state index contributed by atoms with van der Waals surface area (Å²) in [6.07, 6.45) is 0. The molecule has 3 nitrogen and oxygen atoms in total. The smallest absolute Gasteiger partial charge is 0.198 e. The molecule has 0 aromatic heterocycles. The van der Waals surface area contributed by atoms with Crippen LogP contribution in [0.2, 0.25) is 0 Å². The molecule has 0 fully saturated rings. The monoisotopic (exact) mass is 355 g/mol. The molecule has 0 spiro atoms. The lowest BCUT2D eigenvalue weighted by Gasteiger charge is -2.12. The van der Waals surface area contributed by atoms with Crippen molar-refractivity contribution in [3.8, 4) is 5.75 Å². The van der Waals surface area contributed by atoms with Gasteiger partial charge in [0.2, 0.25) is 0 Å². The van der Waals surface area contributed by atoms with Gasteiger partial charge in [0.25, 0.3) is 0 Å². The Bertz CT molecular complexity index is 732. The van der Waals surface area contributed by atoms with E-state index >= 15 is 0 Å². The van der Waals surface area contributed by atoms with Crippen LogP contribution >= 0.6 is 15.9 Å². The van der Waals surface area contributed by atoms with E-state index in [1.165, 1.54) is 7.11 Å². The molecule has 0 atom stereocenters. The number of benzene rings is 2. The van der Waals surface area contributed by atoms with Crippen LogP contribution in [0, 0.1) is 18.6 Å². The summed E-state index contributed by atoms with van der Waals surface area (Å²) >= 11 is 3.32. The third-order valence-corrected chi connectivity index (χ3v) is 3.92. The molecule has 6 heteroatoms. The number of carbonyl (C=O) groups excluding carboxylic acids is 1. The van der Waals surface area contributed by atoms with Crippen LogP contribution in [0.4, 0.5) is 14.5 Å².